The fourth-order valence-electron chi connectivity index (χ4n) is 4.16. The van der Waals surface area contributed by atoms with E-state index in [2.05, 4.69) is 15.6 Å². The van der Waals surface area contributed by atoms with E-state index in [1.165, 1.54) is 18.0 Å². The first-order valence-electron chi connectivity index (χ1n) is 12.9. The number of piperidine rings is 1. The maximum atomic E-state index is 13.3. The predicted octanol–water partition coefficient (Wildman–Crippen LogP) is 5.23. The van der Waals surface area contributed by atoms with Crippen LogP contribution < -0.4 is 10.6 Å². The van der Waals surface area contributed by atoms with E-state index in [0.29, 0.717) is 33.5 Å². The summed E-state index contributed by atoms with van der Waals surface area (Å²) in [7, 11) is 3.56. The molecule has 0 saturated carbocycles. The van der Waals surface area contributed by atoms with Crippen molar-refractivity contribution in [3.63, 3.8) is 0 Å². The first-order valence-corrected chi connectivity index (χ1v) is 14.2. The zero-order valence-corrected chi connectivity index (χ0v) is 23.9. The number of carbonyl (C=O) groups excluding carboxylic acids is 3. The van der Waals surface area contributed by atoms with Gasteiger partial charge in [0.15, 0.2) is 0 Å². The molecule has 3 amide bonds. The molecule has 0 unspecified atom stereocenters. The van der Waals surface area contributed by atoms with Gasteiger partial charge in [0.25, 0.3) is 11.8 Å². The van der Waals surface area contributed by atoms with Gasteiger partial charge in [-0.05, 0) is 61.7 Å². The zero-order valence-electron chi connectivity index (χ0n) is 22.4. The highest BCUT2D eigenvalue weighted by atomic mass is 35.5. The number of anilines is 2. The Balaban J connectivity index is 1.53. The minimum atomic E-state index is -0.468. The van der Waals surface area contributed by atoms with E-state index >= 15 is 0 Å². The Bertz CT molecular complexity index is 1390. The van der Waals surface area contributed by atoms with E-state index in [1.54, 1.807) is 73.6 Å². The summed E-state index contributed by atoms with van der Waals surface area (Å²) in [5, 5.41) is 14.1. The van der Waals surface area contributed by atoms with Gasteiger partial charge in [0.2, 0.25) is 5.91 Å². The smallest absolute Gasteiger partial charge is 0.258 e. The van der Waals surface area contributed by atoms with Crippen LogP contribution >= 0.6 is 23.4 Å². The van der Waals surface area contributed by atoms with Gasteiger partial charge in [0.05, 0.1) is 22.0 Å². The number of likely N-dealkylation sites (tertiary alicyclic amines) is 1. The first-order chi connectivity index (χ1) is 19.2. The van der Waals surface area contributed by atoms with Gasteiger partial charge in [-0.2, -0.15) is 0 Å². The molecule has 3 aromatic rings. The molecular weight excluding hydrogens is 548 g/mol. The van der Waals surface area contributed by atoms with E-state index in [0.717, 1.165) is 37.2 Å². The lowest BCUT2D eigenvalue weighted by Crippen LogP contribution is -2.36. The van der Waals surface area contributed by atoms with Crippen molar-refractivity contribution in [3.8, 4) is 0 Å². The molecule has 0 aliphatic carbocycles. The van der Waals surface area contributed by atoms with Crippen LogP contribution in [0.4, 0.5) is 11.5 Å². The number of amides is 3. The number of amidine groups is 1. The number of pyridine rings is 1. The molecule has 2 heterocycles. The molecule has 0 bridgehead atoms. The number of rotatable bonds is 8. The average Bonchev–Trinajstić information content (AvgIpc) is 2.97. The Morgan fingerprint density at radius 2 is 1.65 bits per heavy atom. The summed E-state index contributed by atoms with van der Waals surface area (Å²) in [6, 6.07) is 15.0. The maximum absolute atomic E-state index is 13.3. The summed E-state index contributed by atoms with van der Waals surface area (Å²) in [4.78, 5) is 47.5. The summed E-state index contributed by atoms with van der Waals surface area (Å²) in [5.74, 6) is 0.105. The van der Waals surface area contributed by atoms with Crippen molar-refractivity contribution in [1.29, 1.82) is 5.41 Å². The molecule has 9 nitrogen and oxygen atoms in total. The summed E-state index contributed by atoms with van der Waals surface area (Å²) >= 11 is 7.27. The quantitative estimate of drug-likeness (QED) is 0.191. The lowest BCUT2D eigenvalue weighted by molar-refractivity contribution is -0.129. The third kappa shape index (κ3) is 7.61. The van der Waals surface area contributed by atoms with Crippen molar-refractivity contribution >= 4 is 58.4 Å². The van der Waals surface area contributed by atoms with Gasteiger partial charge in [-0.1, -0.05) is 23.7 Å². The molecule has 2 aromatic carbocycles. The Morgan fingerprint density at radius 3 is 2.30 bits per heavy atom. The standard InChI is InChI=1S/C29H31ClN6O3S/c1-35(2)27(31)19-6-8-20(9-7-19)28(38)33-24-12-11-22(40-18-26(37)36-14-4-3-5-15-36)16-23(24)29(39)34-25-13-10-21(30)17-32-25/h6-13,16-17,31H,3-5,14-15,18H2,1-2H3,(H,33,38)(H,32,34,39). The van der Waals surface area contributed by atoms with Gasteiger partial charge in [0.1, 0.15) is 11.7 Å². The molecule has 0 spiro atoms. The van der Waals surface area contributed by atoms with Crippen molar-refractivity contribution in [2.24, 2.45) is 0 Å². The third-order valence-electron chi connectivity index (χ3n) is 6.39. The van der Waals surface area contributed by atoms with Crippen LogP contribution in [0, 0.1) is 5.41 Å². The lowest BCUT2D eigenvalue weighted by atomic mass is 10.1. The van der Waals surface area contributed by atoms with Crippen LogP contribution in [0.25, 0.3) is 0 Å². The Hall–Kier alpha value is -3.89. The van der Waals surface area contributed by atoms with Gasteiger partial charge in [-0.25, -0.2) is 4.98 Å². The number of carbonyl (C=O) groups is 3. The van der Waals surface area contributed by atoms with Crippen LogP contribution in [0.1, 0.15) is 45.5 Å². The number of hydrogen-bond donors (Lipinski definition) is 3. The van der Waals surface area contributed by atoms with Crippen LogP contribution in [-0.4, -0.2) is 71.3 Å². The average molecular weight is 579 g/mol. The van der Waals surface area contributed by atoms with Crippen molar-refractivity contribution in [1.82, 2.24) is 14.8 Å². The first kappa shape index (κ1) is 29.1. The van der Waals surface area contributed by atoms with Crippen molar-refractivity contribution in [3.05, 3.63) is 82.5 Å². The van der Waals surface area contributed by atoms with Crippen molar-refractivity contribution in [2.75, 3.05) is 43.6 Å². The highest BCUT2D eigenvalue weighted by Crippen LogP contribution is 2.27. The molecule has 1 aliphatic heterocycles. The van der Waals surface area contributed by atoms with Crippen molar-refractivity contribution < 1.29 is 14.4 Å². The van der Waals surface area contributed by atoms with Crippen LogP contribution in [0.5, 0.6) is 0 Å². The molecule has 1 aromatic heterocycles. The fourth-order valence-corrected chi connectivity index (χ4v) is 5.11. The highest BCUT2D eigenvalue weighted by molar-refractivity contribution is 8.00. The van der Waals surface area contributed by atoms with Gasteiger partial charge in [-0.3, -0.25) is 19.8 Å². The summed E-state index contributed by atoms with van der Waals surface area (Å²) in [6.45, 7) is 1.56. The predicted molar refractivity (Wildman–Crippen MR) is 160 cm³/mol. The molecule has 0 radical (unpaired) electrons. The minimum Gasteiger partial charge on any atom is -0.363 e. The molecule has 11 heteroatoms. The Morgan fingerprint density at radius 1 is 0.950 bits per heavy atom. The number of halogens is 1. The molecule has 208 valence electrons. The van der Waals surface area contributed by atoms with E-state index in [9.17, 15) is 14.4 Å². The number of thioether (sulfide) groups is 1. The highest BCUT2D eigenvalue weighted by Gasteiger charge is 2.19. The van der Waals surface area contributed by atoms with E-state index in [-0.39, 0.29) is 17.2 Å². The van der Waals surface area contributed by atoms with Crippen LogP contribution in [0.3, 0.4) is 0 Å². The van der Waals surface area contributed by atoms with Crippen LogP contribution in [0.15, 0.2) is 65.7 Å². The normalized spacial score (nSPS) is 12.9. The van der Waals surface area contributed by atoms with Gasteiger partial charge in [0, 0.05) is 49.4 Å². The second-order valence-electron chi connectivity index (χ2n) is 9.53. The van der Waals surface area contributed by atoms with E-state index in [1.807, 2.05) is 4.90 Å². The zero-order chi connectivity index (χ0) is 28.6. The largest absolute Gasteiger partial charge is 0.363 e. The molecule has 4 rings (SSSR count). The maximum Gasteiger partial charge on any atom is 0.258 e. The number of aromatic nitrogens is 1. The van der Waals surface area contributed by atoms with Crippen LogP contribution in [0.2, 0.25) is 5.02 Å². The fraction of sp³-hybridized carbons (Fsp3) is 0.276. The number of hydrogen-bond acceptors (Lipinski definition) is 6. The molecule has 1 fully saturated rings. The topological polar surface area (TPSA) is 118 Å². The molecule has 1 saturated heterocycles. The van der Waals surface area contributed by atoms with E-state index < -0.39 is 11.8 Å². The van der Waals surface area contributed by atoms with E-state index in [4.69, 9.17) is 17.0 Å². The number of nitrogens with zero attached hydrogens (tertiary/aromatic N) is 3. The van der Waals surface area contributed by atoms with Gasteiger partial charge in [-0.15, -0.1) is 11.8 Å². The van der Waals surface area contributed by atoms with Crippen LogP contribution in [-0.2, 0) is 4.79 Å². The summed E-state index contributed by atoms with van der Waals surface area (Å²) in [6.07, 6.45) is 4.62. The summed E-state index contributed by atoms with van der Waals surface area (Å²) in [5.41, 5.74) is 1.60. The number of benzene rings is 2. The van der Waals surface area contributed by atoms with Crippen molar-refractivity contribution in [2.45, 2.75) is 24.2 Å². The molecule has 3 N–H and O–H groups in total. The lowest BCUT2D eigenvalue weighted by Gasteiger charge is -2.26. The SMILES string of the molecule is CN(C)C(=N)c1ccc(C(=O)Nc2ccc(SCC(=O)N3CCCCC3)cc2C(=O)Nc2ccc(Cl)cn2)cc1. The molecule has 40 heavy (non-hydrogen) atoms. The molecule has 0 atom stereocenters. The van der Waals surface area contributed by atoms with Gasteiger partial charge >= 0.3 is 0 Å². The summed E-state index contributed by atoms with van der Waals surface area (Å²) < 4.78 is 0. The van der Waals surface area contributed by atoms with Gasteiger partial charge < -0.3 is 20.4 Å². The second-order valence-corrected chi connectivity index (χ2v) is 11.0. The molecule has 1 aliphatic rings. The Kier molecular flexibility index (Phi) is 9.79. The third-order valence-corrected chi connectivity index (χ3v) is 7.59. The Labute approximate surface area is 242 Å². The number of nitrogens with one attached hydrogen (secondary N) is 3. The second kappa shape index (κ2) is 13.5. The molecular formula is C29H31ClN6O3S. The minimum absolute atomic E-state index is 0.0734. The monoisotopic (exact) mass is 578 g/mol.